The summed E-state index contributed by atoms with van der Waals surface area (Å²) in [4.78, 5) is 30.0. The van der Waals surface area contributed by atoms with Gasteiger partial charge in [0.2, 0.25) is 0 Å². The standard InChI is InChI=1S/C10H15F2N5O7S/c11-10(12)1-6(8(18)15-23-5-2-13-14-3-5)16-4-7(10)17(9(16)19)24-25(20,21)22/h5-7,13-14H,1-4H2,(H,15,18)(H,20,21,22)/t6-,7-/m0/s1. The van der Waals surface area contributed by atoms with Gasteiger partial charge in [-0.05, 0) is 0 Å². The van der Waals surface area contributed by atoms with Gasteiger partial charge in [0.15, 0.2) is 0 Å². The molecular weight excluding hydrogens is 372 g/mol. The lowest BCUT2D eigenvalue weighted by atomic mass is 9.96. The number of hydroxylamine groups is 3. The number of nitrogens with zero attached hydrogens (tertiary/aromatic N) is 2. The van der Waals surface area contributed by atoms with Crippen LogP contribution in [0, 0.1) is 0 Å². The molecule has 25 heavy (non-hydrogen) atoms. The first-order valence-electron chi connectivity index (χ1n) is 7.14. The number of halogens is 2. The minimum atomic E-state index is -5.18. The summed E-state index contributed by atoms with van der Waals surface area (Å²) >= 11 is 0. The van der Waals surface area contributed by atoms with Crippen molar-refractivity contribution in [2.24, 2.45) is 0 Å². The van der Waals surface area contributed by atoms with Crippen LogP contribution in [-0.2, 0) is 24.3 Å². The van der Waals surface area contributed by atoms with E-state index in [4.69, 9.17) is 9.39 Å². The third kappa shape index (κ3) is 3.65. The summed E-state index contributed by atoms with van der Waals surface area (Å²) in [7, 11) is -5.18. The Kier molecular flexibility index (Phi) is 4.54. The van der Waals surface area contributed by atoms with Crippen molar-refractivity contribution < 1.29 is 40.5 Å². The molecule has 0 aliphatic carbocycles. The number of fused-ring (bicyclic) bond motifs is 2. The molecular formula is C10H15F2N5O7S. The number of rotatable bonds is 5. The normalized spacial score (nSPS) is 29.3. The molecule has 142 valence electrons. The van der Waals surface area contributed by atoms with E-state index < -0.39 is 59.4 Å². The predicted molar refractivity (Wildman–Crippen MR) is 72.7 cm³/mol. The highest BCUT2D eigenvalue weighted by Crippen LogP contribution is 2.41. The van der Waals surface area contributed by atoms with Crippen LogP contribution in [0.4, 0.5) is 13.6 Å². The van der Waals surface area contributed by atoms with Crippen LogP contribution in [0.1, 0.15) is 6.42 Å². The molecule has 0 aromatic carbocycles. The van der Waals surface area contributed by atoms with Gasteiger partial charge in [-0.1, -0.05) is 0 Å². The van der Waals surface area contributed by atoms with Gasteiger partial charge in [0.05, 0.1) is 6.54 Å². The number of alkyl halides is 2. The second-order valence-corrected chi connectivity index (χ2v) is 6.73. The number of piperidine rings is 1. The third-order valence-corrected chi connectivity index (χ3v) is 4.35. The fourth-order valence-electron chi connectivity index (χ4n) is 2.82. The zero-order chi connectivity index (χ0) is 18.4. The van der Waals surface area contributed by atoms with Crippen LogP contribution < -0.4 is 16.3 Å². The van der Waals surface area contributed by atoms with Crippen molar-refractivity contribution in [1.82, 2.24) is 26.3 Å². The average Bonchev–Trinajstić information content (AvgIpc) is 3.10. The Morgan fingerprint density at radius 1 is 1.36 bits per heavy atom. The summed E-state index contributed by atoms with van der Waals surface area (Å²) < 4.78 is 62.6. The van der Waals surface area contributed by atoms with Crippen molar-refractivity contribution in [3.63, 3.8) is 0 Å². The largest absolute Gasteiger partial charge is 0.418 e. The molecule has 4 N–H and O–H groups in total. The third-order valence-electron chi connectivity index (χ3n) is 4.00. The number of nitrogens with one attached hydrogen (secondary N) is 3. The molecule has 2 bridgehead atoms. The van der Waals surface area contributed by atoms with Gasteiger partial charge >= 0.3 is 16.4 Å². The van der Waals surface area contributed by atoms with Crippen molar-refractivity contribution in [3.8, 4) is 0 Å². The maximum absolute atomic E-state index is 14.2. The maximum atomic E-state index is 14.2. The summed E-state index contributed by atoms with van der Waals surface area (Å²) in [5.41, 5.74) is 7.50. The fourth-order valence-corrected chi connectivity index (χ4v) is 3.20. The van der Waals surface area contributed by atoms with E-state index in [1.807, 2.05) is 5.48 Å². The summed E-state index contributed by atoms with van der Waals surface area (Å²) in [5.74, 6) is -4.60. The number of amides is 3. The van der Waals surface area contributed by atoms with Gasteiger partial charge in [0.1, 0.15) is 18.2 Å². The maximum Gasteiger partial charge on any atom is 0.418 e. The van der Waals surface area contributed by atoms with E-state index in [-0.39, 0.29) is 5.06 Å². The van der Waals surface area contributed by atoms with Gasteiger partial charge in [-0.15, -0.1) is 4.28 Å². The zero-order valence-corrected chi connectivity index (χ0v) is 13.3. The molecule has 0 radical (unpaired) electrons. The van der Waals surface area contributed by atoms with Crippen LogP contribution in [0.5, 0.6) is 0 Å². The van der Waals surface area contributed by atoms with E-state index in [1.54, 1.807) is 0 Å². The number of hydrogen-bond donors (Lipinski definition) is 4. The molecule has 15 heteroatoms. The first-order valence-corrected chi connectivity index (χ1v) is 8.51. The molecule has 0 saturated carbocycles. The molecule has 0 spiro atoms. The number of hydrogen-bond acceptors (Lipinski definition) is 8. The summed E-state index contributed by atoms with van der Waals surface area (Å²) in [6, 6.07) is -4.81. The SMILES string of the molecule is O=C(NOC1CNNC1)[C@@H]1CC(F)(F)[C@@H]2CN1C(=O)N2OS(=O)(=O)O. The van der Waals surface area contributed by atoms with E-state index in [9.17, 15) is 26.8 Å². The molecule has 3 fully saturated rings. The molecule has 0 unspecified atom stereocenters. The summed E-state index contributed by atoms with van der Waals surface area (Å²) in [5, 5.41) is -0.131. The van der Waals surface area contributed by atoms with Crippen molar-refractivity contribution >= 4 is 22.3 Å². The summed E-state index contributed by atoms with van der Waals surface area (Å²) in [6.45, 7) is 0.107. The van der Waals surface area contributed by atoms with Crippen LogP contribution in [0.2, 0.25) is 0 Å². The highest BCUT2D eigenvalue weighted by atomic mass is 32.3. The smallest absolute Gasteiger partial charge is 0.308 e. The number of carbonyl (C=O) groups excluding carboxylic acids is 2. The van der Waals surface area contributed by atoms with Crippen LogP contribution in [0.25, 0.3) is 0 Å². The van der Waals surface area contributed by atoms with Crippen LogP contribution in [0.15, 0.2) is 0 Å². The van der Waals surface area contributed by atoms with E-state index in [2.05, 4.69) is 15.1 Å². The Bertz CT molecular complexity index is 671. The van der Waals surface area contributed by atoms with Gasteiger partial charge in [0.25, 0.3) is 11.8 Å². The molecule has 3 rings (SSSR count). The average molecular weight is 387 g/mol. The molecule has 3 amide bonds. The molecule has 3 saturated heterocycles. The van der Waals surface area contributed by atoms with Crippen molar-refractivity contribution in [2.75, 3.05) is 19.6 Å². The Morgan fingerprint density at radius 2 is 2.00 bits per heavy atom. The fraction of sp³-hybridized carbons (Fsp3) is 0.800. The van der Waals surface area contributed by atoms with Gasteiger partial charge in [0, 0.05) is 19.5 Å². The van der Waals surface area contributed by atoms with Gasteiger partial charge < -0.3 is 4.90 Å². The van der Waals surface area contributed by atoms with E-state index in [1.165, 1.54) is 0 Å². The molecule has 12 nitrogen and oxygen atoms in total. The molecule has 0 aromatic heterocycles. The van der Waals surface area contributed by atoms with Crippen molar-refractivity contribution in [1.29, 1.82) is 0 Å². The van der Waals surface area contributed by atoms with Crippen molar-refractivity contribution in [3.05, 3.63) is 0 Å². The second-order valence-electron chi connectivity index (χ2n) is 5.73. The monoisotopic (exact) mass is 387 g/mol. The lowest BCUT2D eigenvalue weighted by molar-refractivity contribution is -0.161. The summed E-state index contributed by atoms with van der Waals surface area (Å²) in [6.07, 6.45) is -1.47. The van der Waals surface area contributed by atoms with Crippen LogP contribution >= 0.6 is 0 Å². The highest BCUT2D eigenvalue weighted by molar-refractivity contribution is 7.80. The number of hydrazine groups is 1. The number of carbonyl (C=O) groups is 2. The van der Waals surface area contributed by atoms with E-state index in [0.717, 1.165) is 4.90 Å². The zero-order valence-electron chi connectivity index (χ0n) is 12.5. The molecule has 3 aliphatic heterocycles. The first-order chi connectivity index (χ1) is 11.6. The molecule has 3 aliphatic rings. The lowest BCUT2D eigenvalue weighted by Crippen LogP contribution is -2.56. The Labute approximate surface area is 140 Å². The minimum absolute atomic E-state index is 0.131. The van der Waals surface area contributed by atoms with Crippen LogP contribution in [0.3, 0.4) is 0 Å². The minimum Gasteiger partial charge on any atom is -0.308 e. The van der Waals surface area contributed by atoms with E-state index in [0.29, 0.717) is 13.1 Å². The number of urea groups is 1. The Hall–Kier alpha value is -1.65. The molecule has 3 heterocycles. The molecule has 2 atom stereocenters. The van der Waals surface area contributed by atoms with E-state index >= 15 is 0 Å². The Morgan fingerprint density at radius 3 is 2.60 bits per heavy atom. The quantitative estimate of drug-likeness (QED) is 0.303. The highest BCUT2D eigenvalue weighted by Gasteiger charge is 2.62. The topological polar surface area (TPSA) is 150 Å². The van der Waals surface area contributed by atoms with Gasteiger partial charge in [-0.25, -0.2) is 19.1 Å². The predicted octanol–water partition coefficient (Wildman–Crippen LogP) is -2.24. The Balaban J connectivity index is 1.72. The first kappa shape index (κ1) is 18.2. The van der Waals surface area contributed by atoms with Crippen molar-refractivity contribution in [2.45, 2.75) is 30.5 Å². The second kappa shape index (κ2) is 6.26. The van der Waals surface area contributed by atoms with Gasteiger partial charge in [-0.3, -0.25) is 25.0 Å². The van der Waals surface area contributed by atoms with Crippen LogP contribution in [-0.4, -0.2) is 78.6 Å². The molecule has 0 aromatic rings. The lowest BCUT2D eigenvalue weighted by Gasteiger charge is -2.34. The van der Waals surface area contributed by atoms with Gasteiger partial charge in [-0.2, -0.15) is 13.5 Å².